The second-order valence-corrected chi connectivity index (χ2v) is 7.32. The van der Waals surface area contributed by atoms with Crippen LogP contribution in [0.25, 0.3) is 0 Å². The number of carbonyl (C=O) groups excluding carboxylic acids is 3. The van der Waals surface area contributed by atoms with Crippen LogP contribution in [-0.4, -0.2) is 35.8 Å². The van der Waals surface area contributed by atoms with Gasteiger partial charge in [-0.1, -0.05) is 72.8 Å². The number of carbonyl (C=O) groups is 3. The van der Waals surface area contributed by atoms with E-state index in [-0.39, 0.29) is 30.4 Å². The molecule has 156 valence electrons. The molecule has 0 atom stereocenters. The van der Waals surface area contributed by atoms with Crippen LogP contribution in [0.3, 0.4) is 0 Å². The minimum atomic E-state index is -0.305. The van der Waals surface area contributed by atoms with Crippen LogP contribution in [0.1, 0.15) is 44.3 Å². The van der Waals surface area contributed by atoms with Crippen molar-refractivity contribution in [2.24, 2.45) is 0 Å². The lowest BCUT2D eigenvalue weighted by Gasteiger charge is -2.20. The molecule has 3 aromatic rings. The quantitative estimate of drug-likeness (QED) is 0.457. The Labute approximate surface area is 180 Å². The zero-order chi connectivity index (χ0) is 21.6. The molecule has 0 unspecified atom stereocenters. The van der Waals surface area contributed by atoms with Crippen LogP contribution in [0.15, 0.2) is 84.9 Å². The van der Waals surface area contributed by atoms with Crippen molar-refractivity contribution >= 4 is 17.8 Å². The molecule has 0 aliphatic carbocycles. The summed E-state index contributed by atoms with van der Waals surface area (Å²) in [5.41, 5.74) is 2.84. The van der Waals surface area contributed by atoms with Gasteiger partial charge in [0, 0.05) is 13.1 Å². The van der Waals surface area contributed by atoms with Crippen LogP contribution >= 0.6 is 0 Å². The van der Waals surface area contributed by atoms with Crippen molar-refractivity contribution in [3.63, 3.8) is 0 Å². The number of benzene rings is 3. The van der Waals surface area contributed by atoms with E-state index >= 15 is 0 Å². The molecule has 2 N–H and O–H groups in total. The van der Waals surface area contributed by atoms with E-state index in [9.17, 15) is 14.4 Å². The van der Waals surface area contributed by atoms with Gasteiger partial charge in [-0.3, -0.25) is 14.5 Å². The van der Waals surface area contributed by atoms with E-state index in [0.29, 0.717) is 24.1 Å². The summed E-state index contributed by atoms with van der Waals surface area (Å²) < 4.78 is 0. The van der Waals surface area contributed by atoms with E-state index in [2.05, 4.69) is 10.6 Å². The molecule has 3 aromatic carbocycles. The Morgan fingerprint density at radius 1 is 0.742 bits per heavy atom. The van der Waals surface area contributed by atoms with Gasteiger partial charge < -0.3 is 10.6 Å². The number of imide groups is 1. The Morgan fingerprint density at radius 3 is 1.74 bits per heavy atom. The van der Waals surface area contributed by atoms with Crippen molar-refractivity contribution in [2.45, 2.75) is 12.5 Å². The highest BCUT2D eigenvalue weighted by atomic mass is 16.2. The molecule has 6 heteroatoms. The van der Waals surface area contributed by atoms with Gasteiger partial charge in [0.2, 0.25) is 0 Å². The third kappa shape index (κ3) is 4.48. The van der Waals surface area contributed by atoms with Gasteiger partial charge in [-0.25, -0.2) is 4.79 Å². The Balaban J connectivity index is 1.32. The third-order valence-electron chi connectivity index (χ3n) is 5.26. The maximum Gasteiger partial charge on any atom is 0.315 e. The number of nitrogens with zero attached hydrogens (tertiary/aromatic N) is 1. The van der Waals surface area contributed by atoms with E-state index in [1.165, 1.54) is 4.90 Å². The molecule has 0 radical (unpaired) electrons. The second kappa shape index (κ2) is 9.26. The van der Waals surface area contributed by atoms with E-state index in [0.717, 1.165) is 11.1 Å². The summed E-state index contributed by atoms with van der Waals surface area (Å²) in [6, 6.07) is 25.7. The molecule has 0 bridgehead atoms. The first-order valence-corrected chi connectivity index (χ1v) is 10.2. The third-order valence-corrected chi connectivity index (χ3v) is 5.26. The van der Waals surface area contributed by atoms with Gasteiger partial charge in [0.25, 0.3) is 11.8 Å². The van der Waals surface area contributed by atoms with Gasteiger partial charge in [-0.2, -0.15) is 0 Å². The van der Waals surface area contributed by atoms with Crippen molar-refractivity contribution in [3.8, 4) is 0 Å². The van der Waals surface area contributed by atoms with Gasteiger partial charge in [-0.05, 0) is 29.7 Å². The van der Waals surface area contributed by atoms with Crippen LogP contribution in [0.4, 0.5) is 4.79 Å². The first-order chi connectivity index (χ1) is 15.1. The summed E-state index contributed by atoms with van der Waals surface area (Å²) >= 11 is 0. The lowest BCUT2D eigenvalue weighted by molar-refractivity contribution is 0.0653. The van der Waals surface area contributed by atoms with Crippen molar-refractivity contribution < 1.29 is 14.4 Å². The molecule has 0 saturated carbocycles. The minimum Gasteiger partial charge on any atom is -0.338 e. The van der Waals surface area contributed by atoms with Gasteiger partial charge in [0.05, 0.1) is 17.2 Å². The molecule has 0 saturated heterocycles. The molecule has 31 heavy (non-hydrogen) atoms. The summed E-state index contributed by atoms with van der Waals surface area (Å²) in [5.74, 6) is -0.559. The fourth-order valence-electron chi connectivity index (χ4n) is 3.71. The molecule has 0 spiro atoms. The Kier molecular flexibility index (Phi) is 6.08. The monoisotopic (exact) mass is 413 g/mol. The van der Waals surface area contributed by atoms with Crippen LogP contribution in [0.5, 0.6) is 0 Å². The number of fused-ring (bicyclic) bond motifs is 1. The van der Waals surface area contributed by atoms with Crippen LogP contribution < -0.4 is 10.6 Å². The first-order valence-electron chi connectivity index (χ1n) is 10.2. The molecule has 1 heterocycles. The normalized spacial score (nSPS) is 12.7. The molecular formula is C25H23N3O3. The van der Waals surface area contributed by atoms with Crippen molar-refractivity contribution in [1.82, 2.24) is 15.5 Å². The number of nitrogens with one attached hydrogen (secondary N) is 2. The van der Waals surface area contributed by atoms with Crippen LogP contribution in [0.2, 0.25) is 0 Å². The van der Waals surface area contributed by atoms with Gasteiger partial charge in [0.1, 0.15) is 0 Å². The van der Waals surface area contributed by atoms with Crippen molar-refractivity contribution in [2.75, 3.05) is 13.1 Å². The zero-order valence-corrected chi connectivity index (χ0v) is 17.0. The number of amides is 4. The molecule has 1 aliphatic rings. The van der Waals surface area contributed by atoms with Crippen LogP contribution in [-0.2, 0) is 0 Å². The number of hydrogen-bond acceptors (Lipinski definition) is 3. The summed E-state index contributed by atoms with van der Waals surface area (Å²) in [7, 11) is 0. The topological polar surface area (TPSA) is 78.5 Å². The van der Waals surface area contributed by atoms with Gasteiger partial charge >= 0.3 is 6.03 Å². The molecular weight excluding hydrogens is 390 g/mol. The van der Waals surface area contributed by atoms with E-state index in [4.69, 9.17) is 0 Å². The van der Waals surface area contributed by atoms with E-state index in [1.54, 1.807) is 24.3 Å². The maximum atomic E-state index is 12.5. The largest absolute Gasteiger partial charge is 0.338 e. The molecule has 0 aromatic heterocycles. The van der Waals surface area contributed by atoms with Crippen LogP contribution in [0, 0.1) is 0 Å². The zero-order valence-electron chi connectivity index (χ0n) is 17.0. The highest BCUT2D eigenvalue weighted by molar-refractivity contribution is 6.21. The van der Waals surface area contributed by atoms with Gasteiger partial charge in [-0.15, -0.1) is 0 Å². The standard InChI is InChI=1S/C25H23N3O3/c29-23-20-14-7-8-15-21(20)24(30)28(23)17-9-16-26-25(31)27-22(18-10-3-1-4-11-18)19-12-5-2-6-13-19/h1-8,10-15,22H,9,16-17H2,(H2,26,27,31). The fourth-order valence-corrected chi connectivity index (χ4v) is 3.71. The number of urea groups is 1. The van der Waals surface area contributed by atoms with E-state index < -0.39 is 0 Å². The maximum absolute atomic E-state index is 12.5. The average Bonchev–Trinajstić information content (AvgIpc) is 3.06. The Bertz CT molecular complexity index is 1010. The summed E-state index contributed by atoms with van der Waals surface area (Å²) in [5, 5.41) is 5.84. The minimum absolute atomic E-state index is 0.257. The number of hydrogen-bond donors (Lipinski definition) is 2. The highest BCUT2D eigenvalue weighted by Crippen LogP contribution is 2.23. The lowest BCUT2D eigenvalue weighted by atomic mass is 9.99. The fraction of sp³-hybridized carbons (Fsp3) is 0.160. The molecule has 0 fully saturated rings. The first kappa shape index (κ1) is 20.3. The SMILES string of the molecule is O=C(NCCCN1C(=O)c2ccccc2C1=O)NC(c1ccccc1)c1ccccc1. The predicted octanol–water partition coefficient (Wildman–Crippen LogP) is 3.76. The molecule has 4 amide bonds. The molecule has 1 aliphatic heterocycles. The summed E-state index contributed by atoms with van der Waals surface area (Å²) in [6.45, 7) is 0.600. The Hall–Kier alpha value is -3.93. The Morgan fingerprint density at radius 2 is 1.23 bits per heavy atom. The van der Waals surface area contributed by atoms with Crippen molar-refractivity contribution in [3.05, 3.63) is 107 Å². The highest BCUT2D eigenvalue weighted by Gasteiger charge is 2.34. The van der Waals surface area contributed by atoms with Gasteiger partial charge in [0.15, 0.2) is 0 Å². The number of rotatable bonds is 7. The smallest absolute Gasteiger partial charge is 0.315 e. The summed E-state index contributed by atoms with van der Waals surface area (Å²) in [6.07, 6.45) is 0.472. The second-order valence-electron chi connectivity index (χ2n) is 7.32. The molecule has 6 nitrogen and oxygen atoms in total. The van der Waals surface area contributed by atoms with E-state index in [1.807, 2.05) is 60.7 Å². The average molecular weight is 413 g/mol. The van der Waals surface area contributed by atoms with Crippen molar-refractivity contribution in [1.29, 1.82) is 0 Å². The summed E-state index contributed by atoms with van der Waals surface area (Å²) in [4.78, 5) is 38.6. The lowest BCUT2D eigenvalue weighted by Crippen LogP contribution is -2.40. The predicted molar refractivity (Wildman–Crippen MR) is 118 cm³/mol. The molecule has 4 rings (SSSR count).